The van der Waals surface area contributed by atoms with Crippen molar-refractivity contribution in [3.63, 3.8) is 0 Å². The van der Waals surface area contributed by atoms with Crippen LogP contribution in [0.4, 0.5) is 0 Å². The highest BCUT2D eigenvalue weighted by Gasteiger charge is 2.24. The van der Waals surface area contributed by atoms with E-state index in [1.807, 2.05) is 31.2 Å². The molecule has 134 valence electrons. The van der Waals surface area contributed by atoms with Gasteiger partial charge in [0.25, 0.3) is 5.91 Å². The Balaban J connectivity index is 2.08. The van der Waals surface area contributed by atoms with Gasteiger partial charge in [0.05, 0.1) is 18.2 Å². The molecule has 0 heterocycles. The van der Waals surface area contributed by atoms with E-state index < -0.39 is 6.10 Å². The van der Waals surface area contributed by atoms with Gasteiger partial charge in [-0.25, -0.2) is 0 Å². The number of carbonyl (C=O) groups excluding carboxylic acids is 1. The Hall–Kier alpha value is -1.91. The first-order chi connectivity index (χ1) is 11.8. The summed E-state index contributed by atoms with van der Waals surface area (Å²) >= 11 is 12.1. The van der Waals surface area contributed by atoms with Gasteiger partial charge in [-0.1, -0.05) is 41.4 Å². The molecule has 2 aromatic carbocycles. The second-order valence-corrected chi connectivity index (χ2v) is 6.50. The smallest absolute Gasteiger partial charge is 0.263 e. The highest BCUT2D eigenvalue weighted by Crippen LogP contribution is 2.32. The topological polar surface area (TPSA) is 38.8 Å². The van der Waals surface area contributed by atoms with E-state index in [4.69, 9.17) is 32.7 Å². The van der Waals surface area contributed by atoms with Crippen molar-refractivity contribution in [3.05, 3.63) is 58.1 Å². The molecule has 2 atom stereocenters. The van der Waals surface area contributed by atoms with Gasteiger partial charge in [-0.2, -0.15) is 0 Å². The molecular formula is C19H21Cl2NO3. The molecule has 0 aliphatic rings. The summed E-state index contributed by atoms with van der Waals surface area (Å²) in [7, 11) is 3.37. The van der Waals surface area contributed by atoms with Crippen LogP contribution in [0.25, 0.3) is 0 Å². The first-order valence-corrected chi connectivity index (χ1v) is 8.62. The van der Waals surface area contributed by atoms with Crippen LogP contribution in [0, 0.1) is 0 Å². The maximum Gasteiger partial charge on any atom is 0.263 e. The third-order valence-corrected chi connectivity index (χ3v) is 4.90. The molecule has 0 bridgehead atoms. The number of amides is 1. The molecule has 0 aliphatic heterocycles. The molecule has 2 aromatic rings. The van der Waals surface area contributed by atoms with Crippen LogP contribution in [-0.2, 0) is 4.79 Å². The molecule has 1 amide bonds. The summed E-state index contributed by atoms with van der Waals surface area (Å²) < 4.78 is 10.9. The van der Waals surface area contributed by atoms with Crippen LogP contribution in [0.3, 0.4) is 0 Å². The van der Waals surface area contributed by atoms with Gasteiger partial charge in [0.2, 0.25) is 0 Å². The number of nitrogens with zero attached hydrogens (tertiary/aromatic N) is 1. The highest BCUT2D eigenvalue weighted by atomic mass is 35.5. The summed E-state index contributed by atoms with van der Waals surface area (Å²) in [5, 5.41) is 0.688. The van der Waals surface area contributed by atoms with E-state index in [-0.39, 0.29) is 11.9 Å². The van der Waals surface area contributed by atoms with E-state index in [2.05, 4.69) is 0 Å². The number of halogens is 2. The normalized spacial score (nSPS) is 13.0. The quantitative estimate of drug-likeness (QED) is 0.707. The number of likely N-dealkylation sites (N-methyl/N-ethyl adjacent to an activating group) is 1. The zero-order chi connectivity index (χ0) is 18.6. The fourth-order valence-corrected chi connectivity index (χ4v) is 2.74. The summed E-state index contributed by atoms with van der Waals surface area (Å²) in [6.45, 7) is 3.65. The number of hydrogen-bond donors (Lipinski definition) is 0. The zero-order valence-corrected chi connectivity index (χ0v) is 16.1. The Kier molecular flexibility index (Phi) is 6.57. The van der Waals surface area contributed by atoms with Crippen molar-refractivity contribution in [1.82, 2.24) is 4.90 Å². The van der Waals surface area contributed by atoms with Crippen molar-refractivity contribution < 1.29 is 14.3 Å². The van der Waals surface area contributed by atoms with Gasteiger partial charge in [-0.3, -0.25) is 4.79 Å². The lowest BCUT2D eigenvalue weighted by molar-refractivity contribution is -0.138. The number of benzene rings is 2. The van der Waals surface area contributed by atoms with E-state index in [1.54, 1.807) is 44.2 Å². The average Bonchev–Trinajstić information content (AvgIpc) is 2.63. The summed E-state index contributed by atoms with van der Waals surface area (Å²) in [4.78, 5) is 14.3. The maximum absolute atomic E-state index is 12.7. The minimum Gasteiger partial charge on any atom is -0.497 e. The first kappa shape index (κ1) is 19.4. The summed E-state index contributed by atoms with van der Waals surface area (Å²) in [6, 6.07) is 12.6. The van der Waals surface area contributed by atoms with Gasteiger partial charge < -0.3 is 14.4 Å². The third kappa shape index (κ3) is 4.59. The lowest BCUT2D eigenvalue weighted by atomic mass is 10.1. The number of rotatable bonds is 6. The van der Waals surface area contributed by atoms with Crippen molar-refractivity contribution in [3.8, 4) is 11.5 Å². The number of ether oxygens (including phenoxy) is 2. The predicted octanol–water partition coefficient (Wildman–Crippen LogP) is 4.99. The summed E-state index contributed by atoms with van der Waals surface area (Å²) in [5.74, 6) is 1.01. The number of hydrogen-bond acceptors (Lipinski definition) is 3. The second-order valence-electron chi connectivity index (χ2n) is 5.71. The molecule has 0 N–H and O–H groups in total. The van der Waals surface area contributed by atoms with Crippen LogP contribution < -0.4 is 9.47 Å². The van der Waals surface area contributed by atoms with Gasteiger partial charge in [0.1, 0.15) is 16.5 Å². The number of carbonyl (C=O) groups is 1. The van der Waals surface area contributed by atoms with Gasteiger partial charge in [-0.05, 0) is 43.7 Å². The predicted molar refractivity (Wildman–Crippen MR) is 101 cm³/mol. The third-order valence-electron chi connectivity index (χ3n) is 4.09. The molecule has 0 aliphatic carbocycles. The number of methoxy groups -OCH3 is 1. The van der Waals surface area contributed by atoms with Crippen LogP contribution in [0.1, 0.15) is 25.5 Å². The monoisotopic (exact) mass is 381 g/mol. The molecule has 0 saturated carbocycles. The van der Waals surface area contributed by atoms with Crippen LogP contribution in [0.5, 0.6) is 11.5 Å². The van der Waals surface area contributed by atoms with Crippen LogP contribution in [0.2, 0.25) is 10.0 Å². The zero-order valence-electron chi connectivity index (χ0n) is 14.6. The molecule has 0 radical (unpaired) electrons. The molecule has 4 nitrogen and oxygen atoms in total. The Morgan fingerprint density at radius 3 is 2.32 bits per heavy atom. The van der Waals surface area contributed by atoms with E-state index in [1.165, 1.54) is 0 Å². The molecule has 0 saturated heterocycles. The molecule has 2 rings (SSSR count). The van der Waals surface area contributed by atoms with E-state index in [0.717, 1.165) is 11.3 Å². The molecule has 0 fully saturated rings. The largest absolute Gasteiger partial charge is 0.497 e. The standard InChI is InChI=1S/C19H21Cl2NO3/c1-12(14-8-10-15(24-4)11-9-14)22(3)19(23)13(2)25-17-7-5-6-16(20)18(17)21/h5-13H,1-4H3. The van der Waals surface area contributed by atoms with Crippen molar-refractivity contribution in [1.29, 1.82) is 0 Å². The van der Waals surface area contributed by atoms with Crippen LogP contribution in [-0.4, -0.2) is 31.1 Å². The minimum absolute atomic E-state index is 0.112. The molecule has 2 unspecified atom stereocenters. The average molecular weight is 382 g/mol. The van der Waals surface area contributed by atoms with Crippen molar-refractivity contribution in [2.45, 2.75) is 26.0 Å². The Bertz CT molecular complexity index is 734. The second kappa shape index (κ2) is 8.45. The van der Waals surface area contributed by atoms with E-state index in [0.29, 0.717) is 15.8 Å². The van der Waals surface area contributed by atoms with Gasteiger partial charge in [0, 0.05) is 7.05 Å². The van der Waals surface area contributed by atoms with Gasteiger partial charge in [-0.15, -0.1) is 0 Å². The van der Waals surface area contributed by atoms with Crippen LogP contribution in [0.15, 0.2) is 42.5 Å². The van der Waals surface area contributed by atoms with E-state index in [9.17, 15) is 4.79 Å². The SMILES string of the molecule is COc1ccc(C(C)N(C)C(=O)C(C)Oc2cccc(Cl)c2Cl)cc1. The van der Waals surface area contributed by atoms with Crippen molar-refractivity contribution in [2.24, 2.45) is 0 Å². The lowest BCUT2D eigenvalue weighted by Gasteiger charge is -2.28. The van der Waals surface area contributed by atoms with Crippen molar-refractivity contribution >= 4 is 29.1 Å². The maximum atomic E-state index is 12.7. The Morgan fingerprint density at radius 1 is 1.08 bits per heavy atom. The molecule has 0 aromatic heterocycles. The van der Waals surface area contributed by atoms with Gasteiger partial charge >= 0.3 is 0 Å². The fraction of sp³-hybridized carbons (Fsp3) is 0.316. The summed E-state index contributed by atoms with van der Waals surface area (Å²) in [5.41, 5.74) is 1.00. The molecule has 6 heteroatoms. The highest BCUT2D eigenvalue weighted by molar-refractivity contribution is 6.42. The Labute approximate surface area is 158 Å². The first-order valence-electron chi connectivity index (χ1n) is 7.86. The van der Waals surface area contributed by atoms with Gasteiger partial charge in [0.15, 0.2) is 6.10 Å². The van der Waals surface area contributed by atoms with E-state index >= 15 is 0 Å². The molecule has 0 spiro atoms. The Morgan fingerprint density at radius 2 is 1.72 bits per heavy atom. The fourth-order valence-electron chi connectivity index (χ4n) is 2.40. The molecular weight excluding hydrogens is 361 g/mol. The van der Waals surface area contributed by atoms with Crippen molar-refractivity contribution in [2.75, 3.05) is 14.2 Å². The molecule has 25 heavy (non-hydrogen) atoms. The summed E-state index contributed by atoms with van der Waals surface area (Å²) in [6.07, 6.45) is -0.693. The van der Waals surface area contributed by atoms with Crippen LogP contribution >= 0.6 is 23.2 Å². The minimum atomic E-state index is -0.693. The lowest BCUT2D eigenvalue weighted by Crippen LogP contribution is -2.39.